The molecule has 0 fully saturated rings. The Bertz CT molecular complexity index is 395. The first kappa shape index (κ1) is 12.6. The van der Waals surface area contributed by atoms with E-state index in [9.17, 15) is 0 Å². The summed E-state index contributed by atoms with van der Waals surface area (Å²) >= 11 is 0. The maximum atomic E-state index is 6.26. The molecule has 2 rings (SSSR count). The molecule has 1 unspecified atom stereocenters. The van der Waals surface area contributed by atoms with Gasteiger partial charge in [-0.1, -0.05) is 56.2 Å². The van der Waals surface area contributed by atoms with Crippen molar-refractivity contribution < 1.29 is 4.43 Å². The van der Waals surface area contributed by atoms with Crippen LogP contribution in [0.3, 0.4) is 0 Å². The minimum atomic E-state index is -1.66. The average molecular weight is 246 g/mol. The highest BCUT2D eigenvalue weighted by Gasteiger charge is 2.37. The molecule has 0 saturated carbocycles. The van der Waals surface area contributed by atoms with Crippen LogP contribution >= 0.6 is 0 Å². The van der Waals surface area contributed by atoms with Crippen LogP contribution in [0.25, 0.3) is 5.20 Å². The lowest BCUT2D eigenvalue weighted by molar-refractivity contribution is 0.242. The SMILES string of the molecule is CCCCC1C=C(c2ccccc2)[Si](C)(C)O1. The maximum absolute atomic E-state index is 6.26. The molecule has 1 heterocycles. The largest absolute Gasteiger partial charge is 0.407 e. The molecule has 0 bridgehead atoms. The van der Waals surface area contributed by atoms with E-state index < -0.39 is 8.32 Å². The van der Waals surface area contributed by atoms with Gasteiger partial charge in [0.15, 0.2) is 0 Å². The zero-order valence-corrected chi connectivity index (χ0v) is 12.1. The van der Waals surface area contributed by atoms with Crippen molar-refractivity contribution in [3.8, 4) is 0 Å². The summed E-state index contributed by atoms with van der Waals surface area (Å²) in [6.45, 7) is 6.84. The summed E-state index contributed by atoms with van der Waals surface area (Å²) in [6, 6.07) is 10.7. The van der Waals surface area contributed by atoms with E-state index in [1.807, 2.05) is 0 Å². The summed E-state index contributed by atoms with van der Waals surface area (Å²) in [5.41, 5.74) is 1.35. The van der Waals surface area contributed by atoms with E-state index in [2.05, 4.69) is 56.4 Å². The van der Waals surface area contributed by atoms with Gasteiger partial charge in [-0.15, -0.1) is 0 Å². The van der Waals surface area contributed by atoms with E-state index in [1.54, 1.807) is 0 Å². The van der Waals surface area contributed by atoms with Gasteiger partial charge in [0.2, 0.25) is 8.32 Å². The average Bonchev–Trinajstić information content (AvgIpc) is 2.63. The monoisotopic (exact) mass is 246 g/mol. The molecule has 17 heavy (non-hydrogen) atoms. The van der Waals surface area contributed by atoms with Crippen LogP contribution in [0.1, 0.15) is 31.7 Å². The van der Waals surface area contributed by atoms with Crippen molar-refractivity contribution in [3.63, 3.8) is 0 Å². The summed E-state index contributed by atoms with van der Waals surface area (Å²) in [5.74, 6) is 0. The van der Waals surface area contributed by atoms with E-state index in [4.69, 9.17) is 4.43 Å². The van der Waals surface area contributed by atoms with Crippen LogP contribution in [0.2, 0.25) is 13.1 Å². The lowest BCUT2D eigenvalue weighted by Crippen LogP contribution is -2.30. The van der Waals surface area contributed by atoms with Gasteiger partial charge in [0.1, 0.15) is 0 Å². The second-order valence-corrected chi connectivity index (χ2v) is 9.05. The van der Waals surface area contributed by atoms with E-state index >= 15 is 0 Å². The second-order valence-electron chi connectivity index (χ2n) is 5.26. The Hall–Kier alpha value is -0.863. The summed E-state index contributed by atoms with van der Waals surface area (Å²) in [6.07, 6.45) is 6.40. The zero-order valence-electron chi connectivity index (χ0n) is 11.1. The molecule has 0 N–H and O–H groups in total. The van der Waals surface area contributed by atoms with Gasteiger partial charge in [-0.3, -0.25) is 0 Å². The Morgan fingerprint density at radius 2 is 1.88 bits per heavy atom. The third-order valence-electron chi connectivity index (χ3n) is 3.37. The van der Waals surface area contributed by atoms with E-state index in [-0.39, 0.29) is 0 Å². The Labute approximate surface area is 106 Å². The molecule has 92 valence electrons. The summed E-state index contributed by atoms with van der Waals surface area (Å²) in [4.78, 5) is 0. The molecule has 1 atom stereocenters. The normalized spacial score (nSPS) is 22.5. The molecule has 0 aliphatic carbocycles. The van der Waals surface area contributed by atoms with Gasteiger partial charge in [0.05, 0.1) is 6.10 Å². The molecule has 1 nitrogen and oxygen atoms in total. The van der Waals surface area contributed by atoms with Gasteiger partial charge in [-0.05, 0) is 30.3 Å². The second kappa shape index (κ2) is 5.19. The molecule has 1 aliphatic heterocycles. The smallest absolute Gasteiger partial charge is 0.219 e. The van der Waals surface area contributed by atoms with Crippen molar-refractivity contribution in [1.29, 1.82) is 0 Å². The number of hydrogen-bond acceptors (Lipinski definition) is 1. The summed E-state index contributed by atoms with van der Waals surface area (Å²) < 4.78 is 6.26. The third kappa shape index (κ3) is 2.88. The minimum Gasteiger partial charge on any atom is -0.407 e. The van der Waals surface area contributed by atoms with E-state index in [1.165, 1.54) is 30.0 Å². The third-order valence-corrected chi connectivity index (χ3v) is 6.02. The van der Waals surface area contributed by atoms with Crippen molar-refractivity contribution >= 4 is 13.5 Å². The number of unbranched alkanes of at least 4 members (excludes halogenated alkanes) is 1. The molecule has 0 spiro atoms. The van der Waals surface area contributed by atoms with Crippen molar-refractivity contribution in [2.45, 2.75) is 45.4 Å². The van der Waals surface area contributed by atoms with Crippen molar-refractivity contribution in [1.82, 2.24) is 0 Å². The van der Waals surface area contributed by atoms with Crippen LogP contribution in [-0.4, -0.2) is 14.4 Å². The van der Waals surface area contributed by atoms with Gasteiger partial charge in [-0.25, -0.2) is 0 Å². The lowest BCUT2D eigenvalue weighted by atomic mass is 10.1. The standard InChI is InChI=1S/C15H22OSi/c1-4-5-11-14-12-15(17(2,3)16-14)13-9-7-6-8-10-13/h6-10,12,14H,4-5,11H2,1-3H3. The van der Waals surface area contributed by atoms with Gasteiger partial charge in [0.25, 0.3) is 0 Å². The quantitative estimate of drug-likeness (QED) is 0.715. The fourth-order valence-corrected chi connectivity index (χ4v) is 4.99. The highest BCUT2D eigenvalue weighted by molar-refractivity contribution is 6.90. The van der Waals surface area contributed by atoms with Gasteiger partial charge in [-0.2, -0.15) is 0 Å². The first-order valence-corrected chi connectivity index (χ1v) is 9.50. The minimum absolute atomic E-state index is 0.354. The zero-order chi connectivity index (χ0) is 12.3. The highest BCUT2D eigenvalue weighted by atomic mass is 28.4. The van der Waals surface area contributed by atoms with Crippen LogP contribution in [0.4, 0.5) is 0 Å². The first-order valence-electron chi connectivity index (χ1n) is 6.59. The molecule has 0 amide bonds. The molecular weight excluding hydrogens is 224 g/mol. The molecule has 0 radical (unpaired) electrons. The van der Waals surface area contributed by atoms with Gasteiger partial charge >= 0.3 is 0 Å². The van der Waals surface area contributed by atoms with Crippen LogP contribution in [-0.2, 0) is 4.43 Å². The Kier molecular flexibility index (Phi) is 3.85. The van der Waals surface area contributed by atoms with Crippen molar-refractivity contribution in [2.24, 2.45) is 0 Å². The van der Waals surface area contributed by atoms with Gasteiger partial charge < -0.3 is 4.43 Å². The first-order chi connectivity index (χ1) is 8.13. The summed E-state index contributed by atoms with van der Waals surface area (Å²) in [7, 11) is -1.66. The van der Waals surface area contributed by atoms with Crippen LogP contribution < -0.4 is 0 Å². The molecule has 0 saturated heterocycles. The fourth-order valence-electron chi connectivity index (χ4n) is 2.47. The van der Waals surface area contributed by atoms with Crippen molar-refractivity contribution in [3.05, 3.63) is 42.0 Å². The molecule has 2 heteroatoms. The number of rotatable bonds is 4. The predicted octanol–water partition coefficient (Wildman–Crippen LogP) is 4.40. The Morgan fingerprint density at radius 3 is 2.53 bits per heavy atom. The van der Waals surface area contributed by atoms with E-state index in [0.29, 0.717) is 6.10 Å². The summed E-state index contributed by atoms with van der Waals surface area (Å²) in [5, 5.41) is 1.47. The topological polar surface area (TPSA) is 9.23 Å². The van der Waals surface area contributed by atoms with Crippen LogP contribution in [0, 0.1) is 0 Å². The van der Waals surface area contributed by atoms with Crippen molar-refractivity contribution in [2.75, 3.05) is 0 Å². The number of hydrogen-bond donors (Lipinski definition) is 0. The predicted molar refractivity (Wildman–Crippen MR) is 76.3 cm³/mol. The maximum Gasteiger partial charge on any atom is 0.219 e. The molecule has 1 aliphatic rings. The number of benzene rings is 1. The molecule has 1 aromatic carbocycles. The Balaban J connectivity index is 2.19. The van der Waals surface area contributed by atoms with Crippen LogP contribution in [0.15, 0.2) is 36.4 Å². The van der Waals surface area contributed by atoms with Gasteiger partial charge in [0, 0.05) is 0 Å². The molecule has 1 aromatic rings. The fraction of sp³-hybridized carbons (Fsp3) is 0.467. The molecule has 0 aromatic heterocycles. The lowest BCUT2D eigenvalue weighted by Gasteiger charge is -2.21. The van der Waals surface area contributed by atoms with Crippen LogP contribution in [0.5, 0.6) is 0 Å². The highest BCUT2D eigenvalue weighted by Crippen LogP contribution is 2.35. The molecular formula is C15H22OSi. The Morgan fingerprint density at radius 1 is 1.18 bits per heavy atom. The van der Waals surface area contributed by atoms with E-state index in [0.717, 1.165) is 0 Å².